The maximum absolute atomic E-state index is 13.5. The van der Waals surface area contributed by atoms with Crippen molar-refractivity contribution >= 4 is 78.0 Å². The number of aryl methyl sites for hydroxylation is 1. The highest BCUT2D eigenvalue weighted by Gasteiger charge is 2.26. The molecule has 0 radical (unpaired) electrons. The molecule has 0 bridgehead atoms. The van der Waals surface area contributed by atoms with E-state index in [-0.39, 0.29) is 18.3 Å². The maximum Gasteiger partial charge on any atom is 0.271 e. The zero-order chi connectivity index (χ0) is 20.5. The number of likely N-dealkylation sites (N-methyl/N-ethyl adjacent to an activating group) is 1. The van der Waals surface area contributed by atoms with Crippen LogP contribution in [-0.4, -0.2) is 43.0 Å². The second-order valence-corrected chi connectivity index (χ2v) is 9.59. The third-order valence-corrected chi connectivity index (χ3v) is 7.53. The lowest BCUT2D eigenvalue weighted by Crippen LogP contribution is -2.36. The van der Waals surface area contributed by atoms with E-state index in [2.05, 4.69) is 24.0 Å². The molecule has 0 aliphatic carbocycles. The Hall–Kier alpha value is -1.70. The maximum atomic E-state index is 13.5. The first-order chi connectivity index (χ1) is 14.0. The third-order valence-electron chi connectivity index (χ3n) is 4.83. The summed E-state index contributed by atoms with van der Waals surface area (Å²) in [5, 5.41) is 2.17. The molecule has 0 spiro atoms. The van der Waals surface area contributed by atoms with Crippen LogP contribution in [0, 0.1) is 0 Å². The summed E-state index contributed by atoms with van der Waals surface area (Å²) >= 11 is 9.60. The molecule has 158 valence electrons. The van der Waals surface area contributed by atoms with Gasteiger partial charge < -0.3 is 4.90 Å². The number of thiazole rings is 1. The molecular weight excluding hydrogens is 457 g/mol. The molecule has 0 saturated heterocycles. The minimum absolute atomic E-state index is 0. The third kappa shape index (κ3) is 4.48. The zero-order valence-corrected chi connectivity index (χ0v) is 20.2. The molecule has 0 unspecified atom stereocenters. The van der Waals surface area contributed by atoms with E-state index in [1.54, 1.807) is 16.2 Å². The number of aromatic nitrogens is 1. The van der Waals surface area contributed by atoms with Crippen LogP contribution in [0.4, 0.5) is 5.13 Å². The smallest absolute Gasteiger partial charge is 0.271 e. The Kier molecular flexibility index (Phi) is 7.37. The number of hydrogen-bond acceptors (Lipinski definition) is 5. The van der Waals surface area contributed by atoms with Gasteiger partial charge in [-0.05, 0) is 44.3 Å². The van der Waals surface area contributed by atoms with Gasteiger partial charge in [0.05, 0.1) is 15.2 Å². The van der Waals surface area contributed by atoms with Crippen molar-refractivity contribution in [1.29, 1.82) is 0 Å². The van der Waals surface area contributed by atoms with Gasteiger partial charge in [0.15, 0.2) is 5.13 Å². The average molecular weight is 480 g/mol. The highest BCUT2D eigenvalue weighted by molar-refractivity contribution is 7.23. The van der Waals surface area contributed by atoms with Gasteiger partial charge in [0, 0.05) is 23.2 Å². The first-order valence-corrected chi connectivity index (χ1v) is 11.5. The summed E-state index contributed by atoms with van der Waals surface area (Å²) in [6, 6.07) is 14.2. The molecular formula is C22H23Cl2N3OS2. The van der Waals surface area contributed by atoms with Crippen molar-refractivity contribution in [1.82, 2.24) is 9.88 Å². The summed E-state index contributed by atoms with van der Waals surface area (Å²) in [4.78, 5) is 22.7. The van der Waals surface area contributed by atoms with E-state index in [9.17, 15) is 4.79 Å². The Balaban J connectivity index is 0.00000256. The van der Waals surface area contributed by atoms with Crippen molar-refractivity contribution < 1.29 is 4.79 Å². The predicted molar refractivity (Wildman–Crippen MR) is 133 cm³/mol. The summed E-state index contributed by atoms with van der Waals surface area (Å²) in [6.45, 7) is 3.43. The SMILES string of the molecule is CCc1ccc2nc(N(CCN(C)C)C(=O)c3sc4ccccc4c3Cl)sc2c1.Cl. The molecule has 0 aliphatic rings. The van der Waals surface area contributed by atoms with Crippen molar-refractivity contribution in [2.24, 2.45) is 0 Å². The van der Waals surface area contributed by atoms with Crippen molar-refractivity contribution in [3.05, 3.63) is 57.9 Å². The molecule has 30 heavy (non-hydrogen) atoms. The number of thiophene rings is 1. The summed E-state index contributed by atoms with van der Waals surface area (Å²) < 4.78 is 2.12. The van der Waals surface area contributed by atoms with E-state index in [4.69, 9.17) is 16.6 Å². The number of fused-ring (bicyclic) bond motifs is 2. The number of benzene rings is 2. The lowest BCUT2D eigenvalue weighted by atomic mass is 10.2. The predicted octanol–water partition coefficient (Wildman–Crippen LogP) is 6.36. The van der Waals surface area contributed by atoms with Gasteiger partial charge in [-0.3, -0.25) is 9.69 Å². The lowest BCUT2D eigenvalue weighted by molar-refractivity contribution is 0.0989. The first kappa shape index (κ1) is 23.0. The van der Waals surface area contributed by atoms with Crippen LogP contribution in [0.1, 0.15) is 22.2 Å². The Bertz CT molecular complexity index is 1190. The van der Waals surface area contributed by atoms with Crippen LogP contribution in [0.25, 0.3) is 20.3 Å². The van der Waals surface area contributed by atoms with E-state index in [1.807, 2.05) is 44.4 Å². The molecule has 4 rings (SSSR count). The molecule has 4 aromatic rings. The molecule has 2 heterocycles. The Labute approximate surface area is 195 Å². The van der Waals surface area contributed by atoms with Crippen LogP contribution in [0.5, 0.6) is 0 Å². The molecule has 8 heteroatoms. The van der Waals surface area contributed by atoms with E-state index in [0.717, 1.165) is 33.3 Å². The van der Waals surface area contributed by atoms with E-state index in [0.29, 0.717) is 21.6 Å². The minimum Gasteiger partial charge on any atom is -0.308 e. The molecule has 0 aliphatic heterocycles. The van der Waals surface area contributed by atoms with Gasteiger partial charge >= 0.3 is 0 Å². The van der Waals surface area contributed by atoms with Crippen molar-refractivity contribution in [2.75, 3.05) is 32.1 Å². The van der Waals surface area contributed by atoms with E-state index < -0.39 is 0 Å². The quantitative estimate of drug-likeness (QED) is 0.322. The topological polar surface area (TPSA) is 36.4 Å². The van der Waals surface area contributed by atoms with Crippen LogP contribution < -0.4 is 4.90 Å². The lowest BCUT2D eigenvalue weighted by Gasteiger charge is -2.21. The Morgan fingerprint density at radius 3 is 2.53 bits per heavy atom. The molecule has 1 amide bonds. The number of halogens is 2. The number of amides is 1. The first-order valence-electron chi connectivity index (χ1n) is 9.51. The number of carbonyl (C=O) groups is 1. The van der Waals surface area contributed by atoms with Crippen LogP contribution in [-0.2, 0) is 6.42 Å². The summed E-state index contributed by atoms with van der Waals surface area (Å²) in [5.41, 5.74) is 2.19. The molecule has 0 N–H and O–H groups in total. The van der Waals surface area contributed by atoms with Gasteiger partial charge in [-0.25, -0.2) is 4.98 Å². The van der Waals surface area contributed by atoms with Gasteiger partial charge in [0.2, 0.25) is 0 Å². The summed E-state index contributed by atoms with van der Waals surface area (Å²) in [7, 11) is 4.00. The number of hydrogen-bond donors (Lipinski definition) is 0. The largest absolute Gasteiger partial charge is 0.308 e. The standard InChI is InChI=1S/C22H22ClN3OS2.ClH/c1-4-14-9-10-16-18(13-14)29-22(24-16)26(12-11-25(2)3)21(27)20-19(23)15-7-5-6-8-17(15)28-20;/h5-10,13H,4,11-12H2,1-3H3;1H. The van der Waals surface area contributed by atoms with Crippen LogP contribution in [0.3, 0.4) is 0 Å². The zero-order valence-electron chi connectivity index (χ0n) is 17.0. The van der Waals surface area contributed by atoms with Crippen LogP contribution in [0.2, 0.25) is 5.02 Å². The second-order valence-electron chi connectivity index (χ2n) is 7.15. The van der Waals surface area contributed by atoms with Gasteiger partial charge in [0.25, 0.3) is 5.91 Å². The van der Waals surface area contributed by atoms with Crippen molar-refractivity contribution in [3.8, 4) is 0 Å². The average Bonchev–Trinajstić information content (AvgIpc) is 3.28. The molecule has 0 fully saturated rings. The Morgan fingerprint density at radius 1 is 1.07 bits per heavy atom. The molecule has 0 atom stereocenters. The Morgan fingerprint density at radius 2 is 1.83 bits per heavy atom. The fourth-order valence-corrected chi connectivity index (χ4v) is 5.67. The van der Waals surface area contributed by atoms with Crippen LogP contribution >= 0.6 is 46.7 Å². The fourth-order valence-electron chi connectivity index (χ4n) is 3.15. The van der Waals surface area contributed by atoms with Gasteiger partial charge in [-0.1, -0.05) is 54.1 Å². The summed E-state index contributed by atoms with van der Waals surface area (Å²) in [5.74, 6) is -0.0900. The van der Waals surface area contributed by atoms with E-state index >= 15 is 0 Å². The van der Waals surface area contributed by atoms with Gasteiger partial charge in [0.1, 0.15) is 4.88 Å². The van der Waals surface area contributed by atoms with Crippen LogP contribution in [0.15, 0.2) is 42.5 Å². The minimum atomic E-state index is -0.0900. The summed E-state index contributed by atoms with van der Waals surface area (Å²) in [6.07, 6.45) is 0.976. The second kappa shape index (κ2) is 9.62. The highest BCUT2D eigenvalue weighted by atomic mass is 35.5. The molecule has 2 aromatic heterocycles. The molecule has 2 aromatic carbocycles. The van der Waals surface area contributed by atoms with Gasteiger partial charge in [-0.2, -0.15) is 0 Å². The molecule has 4 nitrogen and oxygen atoms in total. The van der Waals surface area contributed by atoms with E-state index in [1.165, 1.54) is 16.9 Å². The van der Waals surface area contributed by atoms with Crippen molar-refractivity contribution in [2.45, 2.75) is 13.3 Å². The number of anilines is 1. The van der Waals surface area contributed by atoms with Crippen molar-refractivity contribution in [3.63, 3.8) is 0 Å². The number of nitrogens with zero attached hydrogens (tertiary/aromatic N) is 3. The fraction of sp³-hybridized carbons (Fsp3) is 0.273. The number of carbonyl (C=O) groups excluding carboxylic acids is 1. The molecule has 0 saturated carbocycles. The highest BCUT2D eigenvalue weighted by Crippen LogP contribution is 2.38. The van der Waals surface area contributed by atoms with Gasteiger partial charge in [-0.15, -0.1) is 23.7 Å². The number of rotatable bonds is 6. The monoisotopic (exact) mass is 479 g/mol. The normalized spacial score (nSPS) is 11.2.